The topological polar surface area (TPSA) is 71.1 Å². The van der Waals surface area contributed by atoms with Crippen LogP contribution in [0.15, 0.2) is 23.4 Å². The largest absolute Gasteiger partial charge is 0.409 e. The number of hydrogen-bond acceptors (Lipinski definition) is 4. The summed E-state index contributed by atoms with van der Waals surface area (Å²) < 4.78 is 5.74. The fraction of sp³-hybridized carbons (Fsp3) is 0.500. The van der Waals surface area contributed by atoms with Gasteiger partial charge in [0.05, 0.1) is 12.2 Å². The Hall–Kier alpha value is -1.75. The van der Waals surface area contributed by atoms with E-state index in [1.165, 1.54) is 0 Å². The van der Waals surface area contributed by atoms with E-state index in [0.29, 0.717) is 0 Å². The Labute approximate surface area is 113 Å². The first-order valence-corrected chi connectivity index (χ1v) is 6.50. The summed E-state index contributed by atoms with van der Waals surface area (Å²) in [5, 5.41) is 12.1. The zero-order valence-electron chi connectivity index (χ0n) is 11.6. The van der Waals surface area contributed by atoms with Crippen LogP contribution in [0.3, 0.4) is 0 Å². The van der Waals surface area contributed by atoms with Crippen molar-refractivity contribution in [1.29, 1.82) is 0 Å². The maximum atomic E-state index is 8.93. The SMILES string of the molecule is Cc1ccc(N2CC(C)OC(C)C2)c(/C(N)=N/O)c1. The van der Waals surface area contributed by atoms with Gasteiger partial charge in [0, 0.05) is 24.3 Å². The Balaban J connectivity index is 2.38. The molecule has 1 aromatic rings. The van der Waals surface area contributed by atoms with E-state index in [0.717, 1.165) is 29.9 Å². The molecule has 5 nitrogen and oxygen atoms in total. The van der Waals surface area contributed by atoms with Gasteiger partial charge in [-0.2, -0.15) is 0 Å². The molecule has 0 aromatic heterocycles. The highest BCUT2D eigenvalue weighted by molar-refractivity contribution is 6.02. The van der Waals surface area contributed by atoms with Gasteiger partial charge in [0.15, 0.2) is 5.84 Å². The molecule has 0 saturated carbocycles. The van der Waals surface area contributed by atoms with E-state index in [2.05, 4.69) is 23.9 Å². The van der Waals surface area contributed by atoms with Crippen LogP contribution in [-0.2, 0) is 4.74 Å². The number of benzene rings is 1. The van der Waals surface area contributed by atoms with Gasteiger partial charge in [-0.3, -0.25) is 0 Å². The number of rotatable bonds is 2. The molecule has 2 unspecified atom stereocenters. The number of anilines is 1. The molecule has 1 aliphatic heterocycles. The minimum atomic E-state index is 0.144. The van der Waals surface area contributed by atoms with Crippen LogP contribution in [0, 0.1) is 6.92 Å². The lowest BCUT2D eigenvalue weighted by Gasteiger charge is -2.37. The highest BCUT2D eigenvalue weighted by Gasteiger charge is 2.24. The van der Waals surface area contributed by atoms with Crippen molar-refractivity contribution in [3.63, 3.8) is 0 Å². The van der Waals surface area contributed by atoms with E-state index in [1.807, 2.05) is 25.1 Å². The molecular formula is C14H21N3O2. The third kappa shape index (κ3) is 2.98. The smallest absolute Gasteiger partial charge is 0.172 e. The molecule has 2 atom stereocenters. The van der Waals surface area contributed by atoms with Crippen LogP contribution >= 0.6 is 0 Å². The maximum absolute atomic E-state index is 8.93. The van der Waals surface area contributed by atoms with Crippen LogP contribution in [0.2, 0.25) is 0 Å². The van der Waals surface area contributed by atoms with Crippen LogP contribution in [0.5, 0.6) is 0 Å². The maximum Gasteiger partial charge on any atom is 0.172 e. The summed E-state index contributed by atoms with van der Waals surface area (Å²) in [5.74, 6) is 0.144. The molecule has 5 heteroatoms. The van der Waals surface area contributed by atoms with Crippen molar-refractivity contribution >= 4 is 11.5 Å². The number of nitrogens with two attached hydrogens (primary N) is 1. The zero-order chi connectivity index (χ0) is 14.0. The molecular weight excluding hydrogens is 242 g/mol. The van der Waals surface area contributed by atoms with Crippen molar-refractivity contribution in [2.75, 3.05) is 18.0 Å². The molecule has 0 spiro atoms. The second-order valence-corrected chi connectivity index (χ2v) is 5.17. The molecule has 1 aliphatic rings. The molecule has 1 saturated heterocycles. The monoisotopic (exact) mass is 263 g/mol. The van der Waals surface area contributed by atoms with Gasteiger partial charge in [-0.25, -0.2) is 0 Å². The summed E-state index contributed by atoms with van der Waals surface area (Å²) in [7, 11) is 0. The van der Waals surface area contributed by atoms with Crippen molar-refractivity contribution in [2.24, 2.45) is 10.9 Å². The molecule has 0 amide bonds. The Morgan fingerprint density at radius 3 is 2.58 bits per heavy atom. The molecule has 0 radical (unpaired) electrons. The van der Waals surface area contributed by atoms with Crippen molar-refractivity contribution in [1.82, 2.24) is 0 Å². The Kier molecular flexibility index (Phi) is 3.95. The van der Waals surface area contributed by atoms with Crippen LogP contribution in [0.25, 0.3) is 0 Å². The number of amidine groups is 1. The molecule has 0 bridgehead atoms. The minimum Gasteiger partial charge on any atom is -0.409 e. The van der Waals surface area contributed by atoms with Gasteiger partial charge < -0.3 is 20.6 Å². The van der Waals surface area contributed by atoms with Gasteiger partial charge in [-0.1, -0.05) is 16.8 Å². The van der Waals surface area contributed by atoms with E-state index in [-0.39, 0.29) is 18.0 Å². The molecule has 2 rings (SSSR count). The molecule has 3 N–H and O–H groups in total. The normalized spacial score (nSPS) is 24.6. The Morgan fingerprint density at radius 1 is 1.37 bits per heavy atom. The molecule has 1 heterocycles. The summed E-state index contributed by atoms with van der Waals surface area (Å²) in [4.78, 5) is 2.23. The molecule has 1 fully saturated rings. The third-order valence-electron chi connectivity index (χ3n) is 3.30. The van der Waals surface area contributed by atoms with Gasteiger partial charge in [0.25, 0.3) is 0 Å². The van der Waals surface area contributed by atoms with Gasteiger partial charge in [-0.05, 0) is 32.9 Å². The zero-order valence-corrected chi connectivity index (χ0v) is 11.6. The lowest BCUT2D eigenvalue weighted by Crippen LogP contribution is -2.46. The first-order chi connectivity index (χ1) is 9.01. The number of aryl methyl sites for hydroxylation is 1. The van der Waals surface area contributed by atoms with Gasteiger partial charge in [0.1, 0.15) is 0 Å². The summed E-state index contributed by atoms with van der Waals surface area (Å²) in [5.41, 5.74) is 8.62. The van der Waals surface area contributed by atoms with Crippen LogP contribution in [0.1, 0.15) is 25.0 Å². The highest BCUT2D eigenvalue weighted by atomic mass is 16.5. The van der Waals surface area contributed by atoms with Crippen molar-refractivity contribution in [2.45, 2.75) is 33.0 Å². The van der Waals surface area contributed by atoms with Crippen molar-refractivity contribution in [3.8, 4) is 0 Å². The lowest BCUT2D eigenvalue weighted by atomic mass is 10.1. The summed E-state index contributed by atoms with van der Waals surface area (Å²) in [6.07, 6.45) is 0.343. The average Bonchev–Trinajstić information content (AvgIpc) is 2.36. The van der Waals surface area contributed by atoms with E-state index >= 15 is 0 Å². The van der Waals surface area contributed by atoms with Crippen LogP contribution in [0.4, 0.5) is 5.69 Å². The number of morpholine rings is 1. The van der Waals surface area contributed by atoms with Gasteiger partial charge in [-0.15, -0.1) is 0 Å². The Morgan fingerprint density at radius 2 is 2.00 bits per heavy atom. The minimum absolute atomic E-state index is 0.144. The molecule has 0 aliphatic carbocycles. The second-order valence-electron chi connectivity index (χ2n) is 5.17. The number of oxime groups is 1. The van der Waals surface area contributed by atoms with Crippen LogP contribution in [-0.4, -0.2) is 36.3 Å². The highest BCUT2D eigenvalue weighted by Crippen LogP contribution is 2.25. The summed E-state index contributed by atoms with van der Waals surface area (Å²) in [6.45, 7) is 7.71. The predicted molar refractivity (Wildman–Crippen MR) is 75.9 cm³/mol. The van der Waals surface area contributed by atoms with Crippen molar-refractivity contribution < 1.29 is 9.94 Å². The number of ether oxygens (including phenoxy) is 1. The summed E-state index contributed by atoms with van der Waals surface area (Å²) in [6, 6.07) is 6.00. The Bertz CT molecular complexity index is 478. The standard InChI is InChI=1S/C14H21N3O2/c1-9-4-5-13(12(6-9)14(15)16-18)17-7-10(2)19-11(3)8-17/h4-6,10-11,18H,7-8H2,1-3H3,(H2,15,16). The quantitative estimate of drug-likeness (QED) is 0.369. The number of nitrogens with zero attached hydrogens (tertiary/aromatic N) is 2. The number of hydrogen-bond donors (Lipinski definition) is 2. The van der Waals surface area contributed by atoms with E-state index in [4.69, 9.17) is 15.7 Å². The van der Waals surface area contributed by atoms with Crippen molar-refractivity contribution in [3.05, 3.63) is 29.3 Å². The molecule has 19 heavy (non-hydrogen) atoms. The average molecular weight is 263 g/mol. The van der Waals surface area contributed by atoms with Crippen LogP contribution < -0.4 is 10.6 Å². The molecule has 1 aromatic carbocycles. The fourth-order valence-corrected chi connectivity index (χ4v) is 2.56. The summed E-state index contributed by atoms with van der Waals surface area (Å²) >= 11 is 0. The molecule has 104 valence electrons. The fourth-order valence-electron chi connectivity index (χ4n) is 2.56. The lowest BCUT2D eigenvalue weighted by molar-refractivity contribution is -0.00522. The van der Waals surface area contributed by atoms with E-state index in [1.54, 1.807) is 0 Å². The van der Waals surface area contributed by atoms with Gasteiger partial charge >= 0.3 is 0 Å². The third-order valence-corrected chi connectivity index (χ3v) is 3.30. The second kappa shape index (κ2) is 5.48. The van der Waals surface area contributed by atoms with E-state index < -0.39 is 0 Å². The predicted octanol–water partition coefficient (Wildman–Crippen LogP) is 1.70. The van der Waals surface area contributed by atoms with Gasteiger partial charge in [0.2, 0.25) is 0 Å². The first-order valence-electron chi connectivity index (χ1n) is 6.50. The first kappa shape index (κ1) is 13.7. The van der Waals surface area contributed by atoms with E-state index in [9.17, 15) is 0 Å².